The molecule has 6 nitrogen and oxygen atoms in total. The summed E-state index contributed by atoms with van der Waals surface area (Å²) in [6.07, 6.45) is 4.94. The molecule has 0 bridgehead atoms. The maximum atomic E-state index is 10.6. The van der Waals surface area contributed by atoms with Crippen molar-refractivity contribution in [2.75, 3.05) is 0 Å². The molecule has 0 aliphatic carbocycles. The average molecular weight is 204 g/mol. The maximum absolute atomic E-state index is 10.6. The Balaban J connectivity index is 2.47. The Kier molecular flexibility index (Phi) is 2.17. The van der Waals surface area contributed by atoms with Gasteiger partial charge in [0.05, 0.1) is 4.92 Å². The van der Waals surface area contributed by atoms with E-state index < -0.39 is 4.92 Å². The molecule has 0 N–H and O–H groups in total. The zero-order chi connectivity index (χ0) is 10.8. The average Bonchev–Trinajstić information content (AvgIpc) is 2.69. The predicted molar refractivity (Wildman–Crippen MR) is 52.8 cm³/mol. The second kappa shape index (κ2) is 3.49. The van der Waals surface area contributed by atoms with Gasteiger partial charge in [0.2, 0.25) is 0 Å². The van der Waals surface area contributed by atoms with Crippen molar-refractivity contribution in [3.63, 3.8) is 0 Å². The Hall–Kier alpha value is -2.24. The van der Waals surface area contributed by atoms with Crippen LogP contribution in [0.5, 0.6) is 0 Å². The van der Waals surface area contributed by atoms with Gasteiger partial charge in [-0.05, 0) is 13.0 Å². The molecule has 0 saturated carbocycles. The normalized spacial score (nSPS) is 10.2. The zero-order valence-corrected chi connectivity index (χ0v) is 7.99. The summed E-state index contributed by atoms with van der Waals surface area (Å²) in [6.45, 7) is 1.61. The molecule has 6 heteroatoms. The van der Waals surface area contributed by atoms with E-state index in [9.17, 15) is 10.1 Å². The molecule has 2 aromatic rings. The summed E-state index contributed by atoms with van der Waals surface area (Å²) in [4.78, 5) is 18.1. The summed E-state index contributed by atoms with van der Waals surface area (Å²) in [5.74, 6) is 0.621. The Morgan fingerprint density at radius 3 is 2.80 bits per heavy atom. The van der Waals surface area contributed by atoms with Gasteiger partial charge in [-0.3, -0.25) is 14.7 Å². The summed E-state index contributed by atoms with van der Waals surface area (Å²) in [7, 11) is 0. The fraction of sp³-hybridized carbons (Fsp3) is 0.111. The van der Waals surface area contributed by atoms with Gasteiger partial charge in [0, 0.05) is 18.5 Å². The fourth-order valence-electron chi connectivity index (χ4n) is 1.27. The third kappa shape index (κ3) is 1.69. The van der Waals surface area contributed by atoms with Gasteiger partial charge >= 0.3 is 0 Å². The zero-order valence-electron chi connectivity index (χ0n) is 7.99. The smallest absolute Gasteiger partial charge is 0.290 e. The number of aryl methyl sites for hydroxylation is 1. The Morgan fingerprint density at radius 2 is 2.27 bits per heavy atom. The number of nitro groups is 1. The van der Waals surface area contributed by atoms with Crippen molar-refractivity contribution in [2.24, 2.45) is 0 Å². The number of hydrogen-bond acceptors (Lipinski definition) is 4. The minimum absolute atomic E-state index is 0.0267. The van der Waals surface area contributed by atoms with E-state index in [1.165, 1.54) is 6.07 Å². The lowest BCUT2D eigenvalue weighted by Crippen LogP contribution is -1.99. The van der Waals surface area contributed by atoms with Gasteiger partial charge in [0.15, 0.2) is 0 Å². The quantitative estimate of drug-likeness (QED) is 0.548. The molecule has 0 aromatic carbocycles. The first kappa shape index (κ1) is 9.32. The molecule has 0 aliphatic rings. The van der Waals surface area contributed by atoms with Crippen molar-refractivity contribution >= 4 is 5.69 Å². The van der Waals surface area contributed by atoms with E-state index in [1.807, 2.05) is 0 Å². The highest BCUT2D eigenvalue weighted by molar-refractivity contribution is 5.39. The molecule has 0 fully saturated rings. The molecular weight excluding hydrogens is 196 g/mol. The number of imidazole rings is 1. The molecule has 0 spiro atoms. The maximum Gasteiger partial charge on any atom is 0.290 e. The molecule has 15 heavy (non-hydrogen) atoms. The van der Waals surface area contributed by atoms with E-state index in [4.69, 9.17) is 0 Å². The number of aromatic nitrogens is 3. The molecule has 0 atom stereocenters. The third-order valence-electron chi connectivity index (χ3n) is 2.01. The van der Waals surface area contributed by atoms with Crippen LogP contribution >= 0.6 is 0 Å². The largest absolute Gasteiger partial charge is 0.291 e. The van der Waals surface area contributed by atoms with Gasteiger partial charge in [0.25, 0.3) is 5.69 Å². The van der Waals surface area contributed by atoms with Crippen molar-refractivity contribution in [1.82, 2.24) is 14.5 Å². The molecular formula is C9H8N4O2. The van der Waals surface area contributed by atoms with Crippen molar-refractivity contribution in [1.29, 1.82) is 0 Å². The van der Waals surface area contributed by atoms with Crippen LogP contribution in [0, 0.1) is 17.0 Å². The Bertz CT molecular complexity index is 493. The minimum Gasteiger partial charge on any atom is -0.291 e. The first-order valence-electron chi connectivity index (χ1n) is 4.29. The van der Waals surface area contributed by atoms with E-state index in [0.717, 1.165) is 0 Å². The SMILES string of the molecule is Cc1nc(-n2ccnc2)ccc1[N+](=O)[O-]. The van der Waals surface area contributed by atoms with Crippen molar-refractivity contribution < 1.29 is 4.92 Å². The Labute approximate surface area is 85.4 Å². The Morgan fingerprint density at radius 1 is 1.47 bits per heavy atom. The van der Waals surface area contributed by atoms with Crippen LogP contribution in [-0.4, -0.2) is 19.5 Å². The van der Waals surface area contributed by atoms with Crippen LogP contribution in [0.1, 0.15) is 5.69 Å². The van der Waals surface area contributed by atoms with Crippen LogP contribution in [0.15, 0.2) is 30.9 Å². The van der Waals surface area contributed by atoms with Crippen molar-refractivity contribution in [2.45, 2.75) is 6.92 Å². The second-order valence-corrected chi connectivity index (χ2v) is 3.00. The lowest BCUT2D eigenvalue weighted by molar-refractivity contribution is -0.385. The molecule has 2 aromatic heterocycles. The van der Waals surface area contributed by atoms with E-state index in [1.54, 1.807) is 36.3 Å². The minimum atomic E-state index is -0.444. The molecule has 0 radical (unpaired) electrons. The highest BCUT2D eigenvalue weighted by Crippen LogP contribution is 2.16. The van der Waals surface area contributed by atoms with Gasteiger partial charge in [-0.1, -0.05) is 0 Å². The van der Waals surface area contributed by atoms with E-state index in [-0.39, 0.29) is 5.69 Å². The standard InChI is InChI=1S/C9H8N4O2/c1-7-8(13(14)15)2-3-9(11-7)12-5-4-10-6-12/h2-6H,1H3. The van der Waals surface area contributed by atoms with Crippen LogP contribution in [-0.2, 0) is 0 Å². The van der Waals surface area contributed by atoms with Crippen LogP contribution in [0.2, 0.25) is 0 Å². The molecule has 2 heterocycles. The van der Waals surface area contributed by atoms with Gasteiger partial charge < -0.3 is 0 Å². The summed E-state index contributed by atoms with van der Waals surface area (Å²) < 4.78 is 1.69. The summed E-state index contributed by atoms with van der Waals surface area (Å²) in [5, 5.41) is 10.6. The third-order valence-corrected chi connectivity index (χ3v) is 2.01. The molecule has 0 amide bonds. The number of hydrogen-bond donors (Lipinski definition) is 0. The monoisotopic (exact) mass is 204 g/mol. The highest BCUT2D eigenvalue weighted by Gasteiger charge is 2.11. The first-order chi connectivity index (χ1) is 7.18. The van der Waals surface area contributed by atoms with Gasteiger partial charge in [-0.25, -0.2) is 9.97 Å². The molecule has 0 saturated heterocycles. The fourth-order valence-corrected chi connectivity index (χ4v) is 1.27. The van der Waals surface area contributed by atoms with E-state index >= 15 is 0 Å². The van der Waals surface area contributed by atoms with Crippen LogP contribution < -0.4 is 0 Å². The lowest BCUT2D eigenvalue weighted by Gasteiger charge is -2.02. The van der Waals surface area contributed by atoms with Crippen molar-refractivity contribution in [3.8, 4) is 5.82 Å². The lowest BCUT2D eigenvalue weighted by atomic mass is 10.3. The van der Waals surface area contributed by atoms with Crippen LogP contribution in [0.25, 0.3) is 5.82 Å². The molecule has 0 unspecified atom stereocenters. The summed E-state index contributed by atoms with van der Waals surface area (Å²) in [6, 6.07) is 3.03. The van der Waals surface area contributed by atoms with Gasteiger partial charge in [-0.2, -0.15) is 0 Å². The number of nitrogens with zero attached hydrogens (tertiary/aromatic N) is 4. The number of pyridine rings is 1. The van der Waals surface area contributed by atoms with Gasteiger partial charge in [-0.15, -0.1) is 0 Å². The van der Waals surface area contributed by atoms with E-state index in [0.29, 0.717) is 11.5 Å². The van der Waals surface area contributed by atoms with Gasteiger partial charge in [0.1, 0.15) is 17.8 Å². The van der Waals surface area contributed by atoms with Crippen LogP contribution in [0.3, 0.4) is 0 Å². The molecule has 0 aliphatic heterocycles. The number of rotatable bonds is 2. The molecule has 76 valence electrons. The topological polar surface area (TPSA) is 73.8 Å². The summed E-state index contributed by atoms with van der Waals surface area (Å²) >= 11 is 0. The molecule has 2 rings (SSSR count). The van der Waals surface area contributed by atoms with Crippen molar-refractivity contribution in [3.05, 3.63) is 46.7 Å². The summed E-state index contributed by atoms with van der Waals surface area (Å²) in [5.41, 5.74) is 0.421. The second-order valence-electron chi connectivity index (χ2n) is 3.00. The first-order valence-corrected chi connectivity index (χ1v) is 4.29. The predicted octanol–water partition coefficient (Wildman–Crippen LogP) is 1.48. The van der Waals surface area contributed by atoms with E-state index in [2.05, 4.69) is 9.97 Å². The highest BCUT2D eigenvalue weighted by atomic mass is 16.6. The van der Waals surface area contributed by atoms with Crippen LogP contribution in [0.4, 0.5) is 5.69 Å².